The number of ether oxygens (including phenoxy) is 1. The quantitative estimate of drug-likeness (QED) is 0.754. The lowest BCUT2D eigenvalue weighted by Crippen LogP contribution is -2.47. The van der Waals surface area contributed by atoms with E-state index in [0.29, 0.717) is 32.4 Å². The van der Waals surface area contributed by atoms with Crippen LogP contribution in [0.5, 0.6) is 0 Å². The van der Waals surface area contributed by atoms with Gasteiger partial charge in [0.05, 0.1) is 30.6 Å². The molecule has 120 valence electrons. The van der Waals surface area contributed by atoms with Crippen LogP contribution in [0, 0.1) is 11.3 Å². The molecule has 1 aliphatic heterocycles. The van der Waals surface area contributed by atoms with Gasteiger partial charge in [0.15, 0.2) is 0 Å². The smallest absolute Gasteiger partial charge is 0.214 e. The molecule has 1 aromatic carbocycles. The first kappa shape index (κ1) is 16.9. The maximum absolute atomic E-state index is 12.7. The Morgan fingerprint density at radius 2 is 2.05 bits per heavy atom. The molecule has 0 saturated carbocycles. The lowest BCUT2D eigenvalue weighted by molar-refractivity contribution is -0.0231. The van der Waals surface area contributed by atoms with Crippen molar-refractivity contribution in [3.63, 3.8) is 0 Å². The summed E-state index contributed by atoms with van der Waals surface area (Å²) in [5.41, 5.74) is 0.954. The number of sulfonamides is 1. The molecule has 0 amide bonds. The van der Waals surface area contributed by atoms with Crippen LogP contribution in [0.15, 0.2) is 30.3 Å². The lowest BCUT2D eigenvalue weighted by atomic mass is 10.1. The first-order chi connectivity index (χ1) is 10.5. The predicted octanol–water partition coefficient (Wildman–Crippen LogP) is 2.47. The molecule has 0 aliphatic carbocycles. The summed E-state index contributed by atoms with van der Waals surface area (Å²) in [6, 6.07) is 11.4. The van der Waals surface area contributed by atoms with Crippen molar-refractivity contribution in [3.8, 4) is 6.07 Å². The zero-order chi connectivity index (χ0) is 16.0. The Balaban J connectivity index is 2.14. The van der Waals surface area contributed by atoms with Gasteiger partial charge in [-0.15, -0.1) is 0 Å². The Hall–Kier alpha value is -1.42. The largest absolute Gasteiger partial charge is 0.375 e. The zero-order valence-corrected chi connectivity index (χ0v) is 13.6. The third kappa shape index (κ3) is 4.29. The Labute approximate surface area is 132 Å². The third-order valence-corrected chi connectivity index (χ3v) is 5.73. The molecule has 0 unspecified atom stereocenters. The molecule has 1 aromatic rings. The highest BCUT2D eigenvalue weighted by Gasteiger charge is 2.35. The van der Waals surface area contributed by atoms with E-state index < -0.39 is 10.0 Å². The van der Waals surface area contributed by atoms with Crippen LogP contribution in [0.3, 0.4) is 0 Å². The van der Waals surface area contributed by atoms with Gasteiger partial charge in [0, 0.05) is 13.0 Å². The molecule has 2 rings (SSSR count). The fourth-order valence-corrected chi connectivity index (χ4v) is 4.43. The molecule has 1 aliphatic rings. The molecule has 1 saturated heterocycles. The Kier molecular flexibility index (Phi) is 5.95. The minimum atomic E-state index is -3.35. The summed E-state index contributed by atoms with van der Waals surface area (Å²) in [6.07, 6.45) is 1.43. The number of morpholine rings is 1. The average molecular weight is 322 g/mol. The van der Waals surface area contributed by atoms with Crippen LogP contribution in [-0.2, 0) is 14.8 Å². The van der Waals surface area contributed by atoms with Gasteiger partial charge >= 0.3 is 0 Å². The second-order valence-electron chi connectivity index (χ2n) is 5.57. The lowest BCUT2D eigenvalue weighted by Gasteiger charge is -2.38. The number of rotatable bonds is 6. The van der Waals surface area contributed by atoms with Crippen molar-refractivity contribution in [1.29, 1.82) is 5.26 Å². The van der Waals surface area contributed by atoms with Gasteiger partial charge in [-0.25, -0.2) is 8.42 Å². The van der Waals surface area contributed by atoms with Crippen LogP contribution in [0.2, 0.25) is 0 Å². The Morgan fingerprint density at radius 3 is 2.73 bits per heavy atom. The van der Waals surface area contributed by atoms with E-state index in [4.69, 9.17) is 10.00 Å². The number of nitrogens with zero attached hydrogens (tertiary/aromatic N) is 2. The average Bonchev–Trinajstić information content (AvgIpc) is 2.52. The molecule has 6 heteroatoms. The van der Waals surface area contributed by atoms with E-state index in [-0.39, 0.29) is 17.9 Å². The van der Waals surface area contributed by atoms with Gasteiger partial charge in [0.1, 0.15) is 0 Å². The SMILES string of the molecule is C[C@H]1CN(S(=O)(=O)CCCCC#N)[C@@H](c2ccccc2)CO1. The van der Waals surface area contributed by atoms with Gasteiger partial charge in [0.25, 0.3) is 0 Å². The van der Waals surface area contributed by atoms with E-state index in [1.807, 2.05) is 43.3 Å². The summed E-state index contributed by atoms with van der Waals surface area (Å²) in [4.78, 5) is 0. The highest BCUT2D eigenvalue weighted by molar-refractivity contribution is 7.89. The van der Waals surface area contributed by atoms with Crippen molar-refractivity contribution < 1.29 is 13.2 Å². The van der Waals surface area contributed by atoms with Gasteiger partial charge in [-0.1, -0.05) is 30.3 Å². The first-order valence-corrected chi connectivity index (χ1v) is 9.18. The number of benzene rings is 1. The highest BCUT2D eigenvalue weighted by Crippen LogP contribution is 2.29. The highest BCUT2D eigenvalue weighted by atomic mass is 32.2. The summed E-state index contributed by atoms with van der Waals surface area (Å²) in [5.74, 6) is 0.0880. The van der Waals surface area contributed by atoms with Gasteiger partial charge in [-0.3, -0.25) is 0 Å². The number of hydrogen-bond acceptors (Lipinski definition) is 4. The second-order valence-corrected chi connectivity index (χ2v) is 7.61. The minimum Gasteiger partial charge on any atom is -0.375 e. The maximum Gasteiger partial charge on any atom is 0.214 e. The van der Waals surface area contributed by atoms with Crippen molar-refractivity contribution in [2.24, 2.45) is 0 Å². The maximum atomic E-state index is 12.7. The van der Waals surface area contributed by atoms with Crippen LogP contribution in [-0.4, -0.2) is 37.7 Å². The van der Waals surface area contributed by atoms with Crippen LogP contribution in [0.4, 0.5) is 0 Å². The molecule has 0 bridgehead atoms. The van der Waals surface area contributed by atoms with E-state index in [2.05, 4.69) is 0 Å². The molecule has 22 heavy (non-hydrogen) atoms. The van der Waals surface area contributed by atoms with E-state index >= 15 is 0 Å². The fraction of sp³-hybridized carbons (Fsp3) is 0.562. The van der Waals surface area contributed by atoms with Gasteiger partial charge in [0.2, 0.25) is 10.0 Å². The molecule has 1 fully saturated rings. The van der Waals surface area contributed by atoms with E-state index in [1.165, 1.54) is 0 Å². The van der Waals surface area contributed by atoms with Crippen LogP contribution < -0.4 is 0 Å². The summed E-state index contributed by atoms with van der Waals surface area (Å²) < 4.78 is 32.6. The molecule has 0 aromatic heterocycles. The van der Waals surface area contributed by atoms with Gasteiger partial charge in [-0.2, -0.15) is 9.57 Å². The summed E-state index contributed by atoms with van der Waals surface area (Å²) in [6.45, 7) is 2.64. The van der Waals surface area contributed by atoms with Crippen molar-refractivity contribution in [2.75, 3.05) is 18.9 Å². The predicted molar refractivity (Wildman–Crippen MR) is 84.6 cm³/mol. The van der Waals surface area contributed by atoms with E-state index in [9.17, 15) is 8.42 Å². The number of nitriles is 1. The first-order valence-electron chi connectivity index (χ1n) is 7.57. The normalized spacial score (nSPS) is 23.1. The molecular formula is C16H22N2O3S. The molecule has 0 radical (unpaired) electrons. The van der Waals surface area contributed by atoms with Crippen LogP contribution in [0.1, 0.15) is 37.8 Å². The van der Waals surface area contributed by atoms with Crippen molar-refractivity contribution in [1.82, 2.24) is 4.31 Å². The molecule has 5 nitrogen and oxygen atoms in total. The zero-order valence-electron chi connectivity index (χ0n) is 12.8. The van der Waals surface area contributed by atoms with Crippen molar-refractivity contribution >= 4 is 10.0 Å². The Bertz CT molecular complexity index is 610. The van der Waals surface area contributed by atoms with Crippen molar-refractivity contribution in [3.05, 3.63) is 35.9 Å². The molecule has 2 atom stereocenters. The third-order valence-electron chi connectivity index (χ3n) is 3.81. The van der Waals surface area contributed by atoms with Crippen molar-refractivity contribution in [2.45, 2.75) is 38.3 Å². The van der Waals surface area contributed by atoms with E-state index in [1.54, 1.807) is 4.31 Å². The number of hydrogen-bond donors (Lipinski definition) is 0. The number of unbranched alkanes of at least 4 members (excludes halogenated alkanes) is 2. The Morgan fingerprint density at radius 1 is 1.32 bits per heavy atom. The topological polar surface area (TPSA) is 70.4 Å². The van der Waals surface area contributed by atoms with E-state index in [0.717, 1.165) is 5.56 Å². The summed E-state index contributed by atoms with van der Waals surface area (Å²) in [7, 11) is -3.35. The minimum absolute atomic E-state index is 0.0880. The molecule has 0 N–H and O–H groups in total. The second kappa shape index (κ2) is 7.73. The standard InChI is InChI=1S/C16H22N2O3S/c1-14-12-18(22(19,20)11-7-3-6-10-17)16(13-21-14)15-8-4-2-5-9-15/h2,4-5,8-9,14,16H,3,6-7,11-13H2,1H3/t14-,16+/m0/s1. The summed E-state index contributed by atoms with van der Waals surface area (Å²) in [5, 5.41) is 8.54. The molecule has 0 spiro atoms. The monoisotopic (exact) mass is 322 g/mol. The van der Waals surface area contributed by atoms with Crippen LogP contribution >= 0.6 is 0 Å². The van der Waals surface area contributed by atoms with Crippen LogP contribution in [0.25, 0.3) is 0 Å². The molecular weight excluding hydrogens is 300 g/mol. The molecule has 1 heterocycles. The summed E-state index contributed by atoms with van der Waals surface area (Å²) >= 11 is 0. The fourth-order valence-electron chi connectivity index (χ4n) is 2.62. The van der Waals surface area contributed by atoms with Gasteiger partial charge in [-0.05, 0) is 25.3 Å². The van der Waals surface area contributed by atoms with Gasteiger partial charge < -0.3 is 4.74 Å².